The summed E-state index contributed by atoms with van der Waals surface area (Å²) < 4.78 is 23.1. The second-order valence-electron chi connectivity index (χ2n) is 7.67. The van der Waals surface area contributed by atoms with Crippen LogP contribution in [0, 0.1) is 0 Å². The third kappa shape index (κ3) is 7.33. The molecule has 0 bridgehead atoms. The summed E-state index contributed by atoms with van der Waals surface area (Å²) in [5.74, 6) is 1.62. The number of allylic oxidation sites excluding steroid dienone is 6. The van der Waals surface area contributed by atoms with Crippen LogP contribution >= 0.6 is 0 Å². The maximum atomic E-state index is 11.9. The summed E-state index contributed by atoms with van der Waals surface area (Å²) in [6.45, 7) is 6.99. The molecule has 8 heteroatoms. The van der Waals surface area contributed by atoms with Crippen LogP contribution in [-0.2, 0) is 22.6 Å². The fourth-order valence-corrected chi connectivity index (χ4v) is 3.54. The van der Waals surface area contributed by atoms with Gasteiger partial charge in [0.1, 0.15) is 18.2 Å². The van der Waals surface area contributed by atoms with Crippen molar-refractivity contribution in [1.29, 1.82) is 0 Å². The van der Waals surface area contributed by atoms with Crippen molar-refractivity contribution in [2.24, 2.45) is 15.1 Å². The highest BCUT2D eigenvalue weighted by atomic mass is 19.3. The molecule has 1 aromatic rings. The number of hydrazone groups is 1. The summed E-state index contributed by atoms with van der Waals surface area (Å²) in [6, 6.07) is 6.08. The molecule has 1 aliphatic heterocycles. The maximum Gasteiger partial charge on any atom is 0.122 e. The second kappa shape index (κ2) is 13.4. The molecule has 1 heterocycles. The van der Waals surface area contributed by atoms with Crippen LogP contribution in [-0.4, -0.2) is 44.2 Å². The molecule has 1 aliphatic carbocycles. The van der Waals surface area contributed by atoms with E-state index in [2.05, 4.69) is 31.5 Å². The highest BCUT2D eigenvalue weighted by Crippen LogP contribution is 2.28. The molecule has 34 heavy (non-hydrogen) atoms. The van der Waals surface area contributed by atoms with Gasteiger partial charge in [0.25, 0.3) is 0 Å². The first-order valence-electron chi connectivity index (χ1n) is 11.3. The summed E-state index contributed by atoms with van der Waals surface area (Å²) >= 11 is 0. The summed E-state index contributed by atoms with van der Waals surface area (Å²) in [6.07, 6.45) is 13.7. The second-order valence-corrected chi connectivity index (χ2v) is 7.67. The molecule has 0 radical (unpaired) electrons. The predicted octanol–water partition coefficient (Wildman–Crippen LogP) is 4.82. The van der Waals surface area contributed by atoms with Gasteiger partial charge in [0.15, 0.2) is 0 Å². The number of rotatable bonds is 10. The van der Waals surface area contributed by atoms with Gasteiger partial charge in [-0.3, -0.25) is 10.4 Å². The predicted molar refractivity (Wildman–Crippen MR) is 134 cm³/mol. The van der Waals surface area contributed by atoms with Crippen molar-refractivity contribution < 1.29 is 18.9 Å². The van der Waals surface area contributed by atoms with Gasteiger partial charge in [0.05, 0.1) is 25.9 Å². The van der Waals surface area contributed by atoms with E-state index in [0.29, 0.717) is 12.4 Å². The Hall–Kier alpha value is -3.36. The molecule has 0 amide bonds. The molecule has 0 saturated carbocycles. The number of halogens is 1. The lowest BCUT2D eigenvalue weighted by Gasteiger charge is -2.10. The van der Waals surface area contributed by atoms with Crippen molar-refractivity contribution in [3.05, 3.63) is 76.5 Å². The van der Waals surface area contributed by atoms with Gasteiger partial charge in [-0.1, -0.05) is 42.5 Å². The van der Waals surface area contributed by atoms with Crippen LogP contribution in [0.25, 0.3) is 0 Å². The average molecular weight is 467 g/mol. The van der Waals surface area contributed by atoms with Crippen LogP contribution in [0.5, 0.6) is 5.75 Å². The van der Waals surface area contributed by atoms with E-state index in [1.807, 2.05) is 63.3 Å². The molecule has 3 rings (SSSR count). The first-order valence-corrected chi connectivity index (χ1v) is 11.3. The molecule has 1 N–H and O–H groups in total. The molecule has 1 atom stereocenters. The van der Waals surface area contributed by atoms with E-state index in [1.165, 1.54) is 11.1 Å². The van der Waals surface area contributed by atoms with E-state index < -0.39 is 0 Å². The third-order valence-corrected chi connectivity index (χ3v) is 5.29. The topological polar surface area (TPSA) is 76.8 Å². The van der Waals surface area contributed by atoms with E-state index in [0.717, 1.165) is 35.6 Å². The first kappa shape index (κ1) is 25.3. The zero-order chi connectivity index (χ0) is 24.2. The molecular formula is C26H31FN4O3. The maximum absolute atomic E-state index is 11.9. The molecule has 0 spiro atoms. The Morgan fingerprint density at radius 2 is 2.15 bits per heavy atom. The largest absolute Gasteiger partial charge is 0.493 e. The number of amidine groups is 1. The van der Waals surface area contributed by atoms with E-state index in [9.17, 15) is 4.53 Å². The third-order valence-electron chi connectivity index (χ3n) is 5.29. The summed E-state index contributed by atoms with van der Waals surface area (Å²) in [5, 5.41) is 4.13. The SMILES string of the molecule is C/C=N\NC(C)=C(C=NC(C)=NCc1cccc2c1CCO2)C1=CC=CC(OCCOF)C=C1. The minimum Gasteiger partial charge on any atom is -0.493 e. The lowest BCUT2D eigenvalue weighted by Crippen LogP contribution is -2.10. The molecule has 0 saturated heterocycles. The fraction of sp³-hybridized carbons (Fsp3) is 0.346. The van der Waals surface area contributed by atoms with Crippen LogP contribution in [0.3, 0.4) is 0 Å². The molecular weight excluding hydrogens is 435 g/mol. The molecule has 2 aliphatic rings. The number of benzene rings is 1. The molecule has 0 aromatic heterocycles. The van der Waals surface area contributed by atoms with Crippen molar-refractivity contribution in [1.82, 2.24) is 5.43 Å². The number of ether oxygens (including phenoxy) is 2. The summed E-state index contributed by atoms with van der Waals surface area (Å²) in [5.41, 5.74) is 8.05. The Morgan fingerprint density at radius 3 is 2.97 bits per heavy atom. The van der Waals surface area contributed by atoms with Crippen LogP contribution in [0.2, 0.25) is 0 Å². The van der Waals surface area contributed by atoms with Crippen LogP contribution in [0.4, 0.5) is 4.53 Å². The van der Waals surface area contributed by atoms with Gasteiger partial charge in [-0.25, -0.2) is 4.99 Å². The van der Waals surface area contributed by atoms with Crippen LogP contribution in [0.15, 0.2) is 80.5 Å². The van der Waals surface area contributed by atoms with Crippen molar-refractivity contribution >= 4 is 18.3 Å². The fourth-order valence-electron chi connectivity index (χ4n) is 3.54. The number of fused-ring (bicyclic) bond motifs is 1. The lowest BCUT2D eigenvalue weighted by molar-refractivity contribution is -0.147. The number of aliphatic imine (C=N–C) groups is 2. The number of hydrogen-bond acceptors (Lipinski definition) is 6. The molecule has 0 fully saturated rings. The Kier molecular flexibility index (Phi) is 9.94. The van der Waals surface area contributed by atoms with Crippen molar-refractivity contribution in [3.63, 3.8) is 0 Å². The smallest absolute Gasteiger partial charge is 0.122 e. The summed E-state index contributed by atoms with van der Waals surface area (Å²) in [7, 11) is 0. The van der Waals surface area contributed by atoms with E-state index in [4.69, 9.17) is 9.47 Å². The lowest BCUT2D eigenvalue weighted by atomic mass is 10.0. The zero-order valence-corrected chi connectivity index (χ0v) is 19.8. The van der Waals surface area contributed by atoms with Gasteiger partial charge in [-0.2, -0.15) is 10.0 Å². The van der Waals surface area contributed by atoms with Crippen molar-refractivity contribution in [2.75, 3.05) is 19.8 Å². The Balaban J connectivity index is 1.75. The molecule has 1 unspecified atom stereocenters. The normalized spacial score (nSPS) is 18.6. The van der Waals surface area contributed by atoms with Gasteiger partial charge in [0.2, 0.25) is 0 Å². The van der Waals surface area contributed by atoms with Gasteiger partial charge >= 0.3 is 0 Å². The Bertz CT molecular complexity index is 1050. The Morgan fingerprint density at radius 1 is 1.26 bits per heavy atom. The average Bonchev–Trinajstić information content (AvgIpc) is 3.22. The highest BCUT2D eigenvalue weighted by Gasteiger charge is 2.15. The van der Waals surface area contributed by atoms with E-state index >= 15 is 0 Å². The van der Waals surface area contributed by atoms with Crippen molar-refractivity contribution in [2.45, 2.75) is 39.8 Å². The number of nitrogens with one attached hydrogen (secondary N) is 1. The van der Waals surface area contributed by atoms with Crippen LogP contribution < -0.4 is 10.2 Å². The van der Waals surface area contributed by atoms with E-state index in [-0.39, 0.29) is 19.3 Å². The first-order chi connectivity index (χ1) is 16.6. The van der Waals surface area contributed by atoms with Crippen molar-refractivity contribution in [3.8, 4) is 5.75 Å². The minimum atomic E-state index is -0.274. The van der Waals surface area contributed by atoms with Gasteiger partial charge in [0, 0.05) is 35.7 Å². The monoisotopic (exact) mass is 466 g/mol. The molecule has 7 nitrogen and oxygen atoms in total. The van der Waals surface area contributed by atoms with Crippen LogP contribution in [0.1, 0.15) is 31.9 Å². The zero-order valence-electron chi connectivity index (χ0n) is 19.8. The van der Waals surface area contributed by atoms with Gasteiger partial charge < -0.3 is 9.47 Å². The number of nitrogens with zero attached hydrogens (tertiary/aromatic N) is 3. The summed E-state index contributed by atoms with van der Waals surface area (Å²) in [4.78, 5) is 12.8. The molecule has 1 aromatic carbocycles. The molecule has 180 valence electrons. The minimum absolute atomic E-state index is 0.105. The van der Waals surface area contributed by atoms with Gasteiger partial charge in [-0.15, -0.1) is 0 Å². The quantitative estimate of drug-likeness (QED) is 0.232. The highest BCUT2D eigenvalue weighted by molar-refractivity contribution is 5.96. The number of hydrogen-bond donors (Lipinski definition) is 1. The van der Waals surface area contributed by atoms with E-state index in [1.54, 1.807) is 12.4 Å². The van der Waals surface area contributed by atoms with Gasteiger partial charge in [-0.05, 0) is 42.5 Å². The Labute approximate surface area is 200 Å². The standard InChI is InChI=1S/C26H31FN4O3/c1-4-30-31-19(2)25(21-7-5-9-23(12-11-21)32-15-16-34-27)18-29-20(3)28-17-22-8-6-10-26-24(22)13-14-33-26/h4-12,18,23,31H,13-17H2,1-3H3/b25-19?,28-20?,29-18?,30-4-.